The monoisotopic (exact) mass is 248 g/mol. The molecular formula is C9H10BrFO2. The highest BCUT2D eigenvalue weighted by molar-refractivity contribution is 9.12. The van der Waals surface area contributed by atoms with Crippen molar-refractivity contribution in [2.45, 2.75) is 25.4 Å². The lowest BCUT2D eigenvalue weighted by Crippen LogP contribution is -2.30. The second-order valence-corrected chi connectivity index (χ2v) is 3.60. The van der Waals surface area contributed by atoms with Crippen molar-refractivity contribution in [3.05, 3.63) is 0 Å². The van der Waals surface area contributed by atoms with Gasteiger partial charge in [-0.25, -0.2) is 4.39 Å². The number of carboxylic acid groups (broad SMARTS) is 1. The van der Waals surface area contributed by atoms with Crippen LogP contribution in [0.5, 0.6) is 0 Å². The summed E-state index contributed by atoms with van der Waals surface area (Å²) < 4.78 is 12.9. The summed E-state index contributed by atoms with van der Waals surface area (Å²) in [4.78, 5) is 13.2. The Kier molecular flexibility index (Phi) is 3.73. The fraction of sp³-hybridized carbons (Fsp3) is 0.667. The summed E-state index contributed by atoms with van der Waals surface area (Å²) in [6.07, 6.45) is 0.0867. The molecule has 1 N–H and O–H groups in total. The Morgan fingerprint density at radius 2 is 2.23 bits per heavy atom. The third-order valence-electron chi connectivity index (χ3n) is 2.34. The van der Waals surface area contributed by atoms with Gasteiger partial charge in [0.2, 0.25) is 0 Å². The van der Waals surface area contributed by atoms with Crippen LogP contribution in [0.4, 0.5) is 4.39 Å². The van der Waals surface area contributed by atoms with Crippen molar-refractivity contribution in [3.8, 4) is 10.8 Å². The molecular weight excluding hydrogens is 239 g/mol. The van der Waals surface area contributed by atoms with E-state index in [2.05, 4.69) is 26.7 Å². The van der Waals surface area contributed by atoms with E-state index in [-0.39, 0.29) is 12.3 Å². The number of carboxylic acids is 1. The SMILES string of the molecule is O=C(O)C1CC(F)CCC1C#CBr. The first-order chi connectivity index (χ1) is 6.15. The van der Waals surface area contributed by atoms with E-state index >= 15 is 0 Å². The van der Waals surface area contributed by atoms with Crippen LogP contribution in [0.2, 0.25) is 0 Å². The van der Waals surface area contributed by atoms with Crippen molar-refractivity contribution in [2.75, 3.05) is 0 Å². The van der Waals surface area contributed by atoms with Crippen LogP contribution in [0.25, 0.3) is 0 Å². The molecule has 0 aromatic heterocycles. The second-order valence-electron chi connectivity index (χ2n) is 3.20. The van der Waals surface area contributed by atoms with Gasteiger partial charge >= 0.3 is 5.97 Å². The molecule has 0 heterocycles. The Bertz CT molecular complexity index is 256. The zero-order valence-electron chi connectivity index (χ0n) is 6.96. The third kappa shape index (κ3) is 2.70. The van der Waals surface area contributed by atoms with Crippen molar-refractivity contribution in [3.63, 3.8) is 0 Å². The summed E-state index contributed by atoms with van der Waals surface area (Å²) >= 11 is 2.93. The highest BCUT2D eigenvalue weighted by atomic mass is 79.9. The maximum Gasteiger partial charge on any atom is 0.307 e. The lowest BCUT2D eigenvalue weighted by molar-refractivity contribution is -0.144. The maximum absolute atomic E-state index is 12.9. The van der Waals surface area contributed by atoms with Crippen molar-refractivity contribution in [1.29, 1.82) is 0 Å². The lowest BCUT2D eigenvalue weighted by atomic mass is 9.79. The van der Waals surface area contributed by atoms with E-state index in [9.17, 15) is 9.18 Å². The Morgan fingerprint density at radius 1 is 1.54 bits per heavy atom. The number of alkyl halides is 1. The van der Waals surface area contributed by atoms with Crippen molar-refractivity contribution < 1.29 is 14.3 Å². The Morgan fingerprint density at radius 3 is 2.77 bits per heavy atom. The molecule has 0 spiro atoms. The summed E-state index contributed by atoms with van der Waals surface area (Å²) in [5.74, 6) is 0.964. The normalized spacial score (nSPS) is 33.2. The number of halogens is 2. The first-order valence-electron chi connectivity index (χ1n) is 4.13. The second kappa shape index (κ2) is 4.61. The van der Waals surface area contributed by atoms with Gasteiger partial charge in [0.15, 0.2) is 0 Å². The number of hydrogen-bond acceptors (Lipinski definition) is 1. The smallest absolute Gasteiger partial charge is 0.307 e. The van der Waals surface area contributed by atoms with Gasteiger partial charge in [-0.15, -0.1) is 0 Å². The highest BCUT2D eigenvalue weighted by Gasteiger charge is 2.34. The molecule has 4 heteroatoms. The predicted molar refractivity (Wildman–Crippen MR) is 50.1 cm³/mol. The summed E-state index contributed by atoms with van der Waals surface area (Å²) in [6.45, 7) is 0. The molecule has 0 radical (unpaired) electrons. The fourth-order valence-corrected chi connectivity index (χ4v) is 1.93. The topological polar surface area (TPSA) is 37.3 Å². The van der Waals surface area contributed by atoms with E-state index in [1.165, 1.54) is 0 Å². The van der Waals surface area contributed by atoms with Gasteiger partial charge in [-0.2, -0.15) is 0 Å². The van der Waals surface area contributed by atoms with Gasteiger partial charge < -0.3 is 5.11 Å². The molecule has 1 rings (SSSR count). The minimum absolute atomic E-state index is 0.0989. The Labute approximate surface area is 84.6 Å². The van der Waals surface area contributed by atoms with Crippen LogP contribution >= 0.6 is 15.9 Å². The molecule has 0 saturated heterocycles. The van der Waals surface area contributed by atoms with Crippen LogP contribution in [-0.2, 0) is 4.79 Å². The summed E-state index contributed by atoms with van der Waals surface area (Å²) in [7, 11) is 0. The zero-order chi connectivity index (χ0) is 9.84. The van der Waals surface area contributed by atoms with E-state index in [4.69, 9.17) is 5.11 Å². The van der Waals surface area contributed by atoms with Crippen molar-refractivity contribution in [2.24, 2.45) is 11.8 Å². The molecule has 0 aromatic carbocycles. The molecule has 72 valence electrons. The molecule has 13 heavy (non-hydrogen) atoms. The number of rotatable bonds is 1. The van der Waals surface area contributed by atoms with Gasteiger partial charge in [0.05, 0.1) is 5.92 Å². The molecule has 2 nitrogen and oxygen atoms in total. The molecule has 3 unspecified atom stereocenters. The van der Waals surface area contributed by atoms with Gasteiger partial charge in [0, 0.05) is 21.8 Å². The first-order valence-corrected chi connectivity index (χ1v) is 4.92. The molecule has 1 saturated carbocycles. The molecule has 0 amide bonds. The molecule has 1 aliphatic carbocycles. The first kappa shape index (κ1) is 10.5. The Balaban J connectivity index is 2.69. The molecule has 0 aromatic rings. The predicted octanol–water partition coefficient (Wildman–Crippen LogP) is 2.18. The summed E-state index contributed by atoms with van der Waals surface area (Å²) in [5.41, 5.74) is 0. The Hall–Kier alpha value is -0.560. The van der Waals surface area contributed by atoms with Crippen LogP contribution in [0, 0.1) is 22.6 Å². The van der Waals surface area contributed by atoms with Crippen LogP contribution in [0.1, 0.15) is 19.3 Å². The van der Waals surface area contributed by atoms with Crippen LogP contribution in [0.15, 0.2) is 0 Å². The number of carbonyl (C=O) groups is 1. The van der Waals surface area contributed by atoms with Gasteiger partial charge in [-0.05, 0) is 24.1 Å². The summed E-state index contributed by atoms with van der Waals surface area (Å²) in [6, 6.07) is 0. The third-order valence-corrected chi connectivity index (χ3v) is 2.57. The van der Waals surface area contributed by atoms with Gasteiger partial charge in [0.1, 0.15) is 6.17 Å². The van der Waals surface area contributed by atoms with Crippen molar-refractivity contribution >= 4 is 21.9 Å². The maximum atomic E-state index is 12.9. The fourth-order valence-electron chi connectivity index (χ4n) is 1.63. The molecule has 0 bridgehead atoms. The average Bonchev–Trinajstić information content (AvgIpc) is 2.08. The summed E-state index contributed by atoms with van der Waals surface area (Å²) in [5, 5.41) is 8.80. The van der Waals surface area contributed by atoms with Crippen molar-refractivity contribution in [1.82, 2.24) is 0 Å². The van der Waals surface area contributed by atoms with Gasteiger partial charge in [-0.1, -0.05) is 5.92 Å². The zero-order valence-corrected chi connectivity index (χ0v) is 8.55. The van der Waals surface area contributed by atoms with Crippen LogP contribution in [0.3, 0.4) is 0 Å². The van der Waals surface area contributed by atoms with E-state index < -0.39 is 18.1 Å². The quantitative estimate of drug-likeness (QED) is 0.723. The van der Waals surface area contributed by atoms with Crippen LogP contribution in [-0.4, -0.2) is 17.2 Å². The van der Waals surface area contributed by atoms with Gasteiger partial charge in [0.25, 0.3) is 0 Å². The van der Waals surface area contributed by atoms with E-state index in [0.717, 1.165) is 0 Å². The molecule has 1 aliphatic rings. The van der Waals surface area contributed by atoms with Gasteiger partial charge in [-0.3, -0.25) is 4.79 Å². The molecule has 0 aliphatic heterocycles. The molecule has 1 fully saturated rings. The highest BCUT2D eigenvalue weighted by Crippen LogP contribution is 2.31. The largest absolute Gasteiger partial charge is 0.481 e. The number of aliphatic carboxylic acids is 1. The van der Waals surface area contributed by atoms with E-state index in [1.54, 1.807) is 0 Å². The average molecular weight is 249 g/mol. The molecule has 3 atom stereocenters. The number of hydrogen-bond donors (Lipinski definition) is 1. The lowest BCUT2D eigenvalue weighted by Gasteiger charge is -2.26. The standard InChI is InChI=1S/C9H10BrFO2/c10-4-3-6-1-2-7(11)5-8(6)9(12)13/h6-8H,1-2,5H2,(H,12,13). The minimum Gasteiger partial charge on any atom is -0.481 e. The van der Waals surface area contributed by atoms with Crippen LogP contribution < -0.4 is 0 Å². The van der Waals surface area contributed by atoms with E-state index in [1.807, 2.05) is 0 Å². The van der Waals surface area contributed by atoms with E-state index in [0.29, 0.717) is 12.8 Å². The minimum atomic E-state index is -0.977.